The summed E-state index contributed by atoms with van der Waals surface area (Å²) in [4.78, 5) is 26.0. The molecule has 0 saturated heterocycles. The van der Waals surface area contributed by atoms with Crippen LogP contribution in [0.1, 0.15) is 42.4 Å². The minimum absolute atomic E-state index is 0.0763. The zero-order chi connectivity index (χ0) is 18.4. The summed E-state index contributed by atoms with van der Waals surface area (Å²) >= 11 is 0. The number of nitrogens with zero attached hydrogens (tertiary/aromatic N) is 1. The Labute approximate surface area is 154 Å². The highest BCUT2D eigenvalue weighted by Crippen LogP contribution is 2.29. The van der Waals surface area contributed by atoms with Gasteiger partial charge < -0.3 is 9.64 Å². The molecule has 0 atom stereocenters. The molecule has 26 heavy (non-hydrogen) atoms. The summed E-state index contributed by atoms with van der Waals surface area (Å²) in [6.07, 6.45) is 6.26. The number of hydrogen-bond donors (Lipinski definition) is 0. The van der Waals surface area contributed by atoms with E-state index in [9.17, 15) is 9.59 Å². The third-order valence-corrected chi connectivity index (χ3v) is 4.60. The van der Waals surface area contributed by atoms with Crippen LogP contribution in [0.5, 0.6) is 0 Å². The van der Waals surface area contributed by atoms with E-state index in [0.29, 0.717) is 32.2 Å². The maximum absolute atomic E-state index is 12.9. The molecule has 4 heteroatoms. The molecule has 2 aromatic rings. The van der Waals surface area contributed by atoms with E-state index in [-0.39, 0.29) is 11.9 Å². The summed E-state index contributed by atoms with van der Waals surface area (Å²) < 4.78 is 4.65. The molecule has 1 amide bonds. The van der Waals surface area contributed by atoms with E-state index in [1.807, 2.05) is 41.3 Å². The van der Waals surface area contributed by atoms with Gasteiger partial charge in [0.25, 0.3) is 0 Å². The van der Waals surface area contributed by atoms with Gasteiger partial charge in [-0.25, -0.2) is 0 Å². The van der Waals surface area contributed by atoms with Gasteiger partial charge >= 0.3 is 5.97 Å². The first kappa shape index (κ1) is 17.9. The minimum Gasteiger partial charge on any atom is -0.469 e. The Balaban J connectivity index is 1.80. The molecule has 0 N–H and O–H groups in total. The molecule has 0 aliphatic carbocycles. The molecular weight excluding hydrogens is 326 g/mol. The lowest BCUT2D eigenvalue weighted by Gasteiger charge is -2.27. The summed E-state index contributed by atoms with van der Waals surface area (Å²) in [6.45, 7) is 0.549. The molecule has 0 fully saturated rings. The number of esters is 1. The van der Waals surface area contributed by atoms with Crippen LogP contribution in [-0.2, 0) is 20.9 Å². The number of amides is 1. The summed E-state index contributed by atoms with van der Waals surface area (Å²) in [6, 6.07) is 16.1. The van der Waals surface area contributed by atoms with Gasteiger partial charge in [-0.2, -0.15) is 0 Å². The van der Waals surface area contributed by atoms with E-state index >= 15 is 0 Å². The molecule has 0 radical (unpaired) electrons. The van der Waals surface area contributed by atoms with Crippen LogP contribution in [-0.4, -0.2) is 19.0 Å². The molecule has 134 valence electrons. The van der Waals surface area contributed by atoms with E-state index in [2.05, 4.69) is 29.0 Å². The second kappa shape index (κ2) is 8.48. The number of ether oxygens (including phenoxy) is 1. The van der Waals surface area contributed by atoms with Crippen molar-refractivity contribution >= 4 is 29.7 Å². The molecule has 1 aliphatic heterocycles. The maximum Gasteiger partial charge on any atom is 0.305 e. The molecule has 0 unspecified atom stereocenters. The van der Waals surface area contributed by atoms with Crippen molar-refractivity contribution in [2.24, 2.45) is 0 Å². The number of carbonyl (C=O) groups excluding carboxylic acids is 2. The van der Waals surface area contributed by atoms with E-state index < -0.39 is 0 Å². The third-order valence-electron chi connectivity index (χ3n) is 4.60. The standard InChI is InChI=1S/C22H23NO3/c1-26-22(25)13-7-6-12-21(24)23-16-19-10-3-2-8-17(19)14-15-18-9-4-5-11-20(18)23/h2-5,8-11,14-15H,6-7,12-13,16H2,1H3/b15-14-. The average molecular weight is 349 g/mol. The number of para-hydroxylation sites is 1. The smallest absolute Gasteiger partial charge is 0.305 e. The van der Waals surface area contributed by atoms with Crippen LogP contribution in [0.15, 0.2) is 48.5 Å². The topological polar surface area (TPSA) is 46.6 Å². The molecule has 1 aliphatic rings. The Morgan fingerprint density at radius 2 is 1.58 bits per heavy atom. The highest BCUT2D eigenvalue weighted by Gasteiger charge is 2.20. The van der Waals surface area contributed by atoms with Gasteiger partial charge in [-0.05, 0) is 35.6 Å². The number of benzene rings is 2. The second-order valence-electron chi connectivity index (χ2n) is 6.35. The van der Waals surface area contributed by atoms with Gasteiger partial charge in [0.1, 0.15) is 0 Å². The number of anilines is 1. The monoisotopic (exact) mass is 349 g/mol. The van der Waals surface area contributed by atoms with E-state index in [1.54, 1.807) is 0 Å². The zero-order valence-corrected chi connectivity index (χ0v) is 15.0. The predicted molar refractivity (Wildman–Crippen MR) is 103 cm³/mol. The molecule has 3 rings (SSSR count). The number of rotatable bonds is 5. The van der Waals surface area contributed by atoms with Crippen molar-refractivity contribution in [1.29, 1.82) is 0 Å². The number of carbonyl (C=O) groups is 2. The fraction of sp³-hybridized carbons (Fsp3) is 0.273. The van der Waals surface area contributed by atoms with Gasteiger partial charge in [0.05, 0.1) is 19.3 Å². The van der Waals surface area contributed by atoms with Gasteiger partial charge in [0.15, 0.2) is 0 Å². The lowest BCUT2D eigenvalue weighted by molar-refractivity contribution is -0.140. The van der Waals surface area contributed by atoms with Crippen molar-refractivity contribution < 1.29 is 14.3 Å². The van der Waals surface area contributed by atoms with Crippen molar-refractivity contribution in [2.75, 3.05) is 12.0 Å². The maximum atomic E-state index is 12.9. The van der Waals surface area contributed by atoms with Gasteiger partial charge in [-0.15, -0.1) is 0 Å². The quantitative estimate of drug-likeness (QED) is 0.592. The molecule has 0 spiro atoms. The van der Waals surface area contributed by atoms with Crippen LogP contribution in [0.2, 0.25) is 0 Å². The average Bonchev–Trinajstić information content (AvgIpc) is 2.66. The van der Waals surface area contributed by atoms with Gasteiger partial charge in [-0.3, -0.25) is 9.59 Å². The van der Waals surface area contributed by atoms with Gasteiger partial charge in [0.2, 0.25) is 5.91 Å². The molecular formula is C22H23NO3. The van der Waals surface area contributed by atoms with Crippen LogP contribution in [0, 0.1) is 0 Å². The van der Waals surface area contributed by atoms with Crippen LogP contribution >= 0.6 is 0 Å². The van der Waals surface area contributed by atoms with Crippen molar-refractivity contribution in [2.45, 2.75) is 32.2 Å². The van der Waals surface area contributed by atoms with E-state index in [0.717, 1.165) is 22.4 Å². The molecule has 0 aromatic heterocycles. The van der Waals surface area contributed by atoms with Crippen LogP contribution < -0.4 is 4.90 Å². The van der Waals surface area contributed by atoms with Crippen molar-refractivity contribution in [3.8, 4) is 0 Å². The molecule has 1 heterocycles. The van der Waals surface area contributed by atoms with Crippen LogP contribution in [0.3, 0.4) is 0 Å². The SMILES string of the molecule is COC(=O)CCCCC(=O)N1Cc2ccccc2/C=C\c2ccccc21. The highest BCUT2D eigenvalue weighted by atomic mass is 16.5. The fourth-order valence-corrected chi connectivity index (χ4v) is 3.16. The normalized spacial score (nSPS) is 13.8. The first-order valence-electron chi connectivity index (χ1n) is 8.91. The molecule has 0 saturated carbocycles. The van der Waals surface area contributed by atoms with Crippen molar-refractivity contribution in [3.63, 3.8) is 0 Å². The van der Waals surface area contributed by atoms with Crippen LogP contribution in [0.4, 0.5) is 5.69 Å². The zero-order valence-electron chi connectivity index (χ0n) is 15.0. The lowest BCUT2D eigenvalue weighted by Crippen LogP contribution is -2.31. The number of fused-ring (bicyclic) bond motifs is 2. The minimum atomic E-state index is -0.229. The van der Waals surface area contributed by atoms with Crippen LogP contribution in [0.25, 0.3) is 12.2 Å². The van der Waals surface area contributed by atoms with Crippen molar-refractivity contribution in [3.05, 3.63) is 65.2 Å². The number of unbranched alkanes of at least 4 members (excludes halogenated alkanes) is 1. The van der Waals surface area contributed by atoms with Gasteiger partial charge in [-0.1, -0.05) is 54.6 Å². The molecule has 4 nitrogen and oxygen atoms in total. The first-order valence-corrected chi connectivity index (χ1v) is 8.91. The van der Waals surface area contributed by atoms with E-state index in [1.165, 1.54) is 7.11 Å². The fourth-order valence-electron chi connectivity index (χ4n) is 3.16. The number of hydrogen-bond acceptors (Lipinski definition) is 3. The summed E-state index contributed by atoms with van der Waals surface area (Å²) in [7, 11) is 1.38. The Kier molecular flexibility index (Phi) is 5.84. The van der Waals surface area contributed by atoms with E-state index in [4.69, 9.17) is 0 Å². The van der Waals surface area contributed by atoms with Crippen molar-refractivity contribution in [1.82, 2.24) is 0 Å². The second-order valence-corrected chi connectivity index (χ2v) is 6.35. The largest absolute Gasteiger partial charge is 0.469 e. The summed E-state index contributed by atoms with van der Waals surface area (Å²) in [5.41, 5.74) is 4.22. The molecule has 2 aromatic carbocycles. The molecule has 0 bridgehead atoms. The third kappa shape index (κ3) is 4.20. The number of methoxy groups -OCH3 is 1. The summed E-state index contributed by atoms with van der Waals surface area (Å²) in [5.74, 6) is -0.152. The summed E-state index contributed by atoms with van der Waals surface area (Å²) in [5, 5.41) is 0. The Morgan fingerprint density at radius 1 is 0.923 bits per heavy atom. The lowest BCUT2D eigenvalue weighted by atomic mass is 10.0. The van der Waals surface area contributed by atoms with Gasteiger partial charge in [0, 0.05) is 12.8 Å². The predicted octanol–water partition coefficient (Wildman–Crippen LogP) is 4.44. The highest BCUT2D eigenvalue weighted by molar-refractivity contribution is 5.97. The Morgan fingerprint density at radius 3 is 2.38 bits per heavy atom. The first-order chi connectivity index (χ1) is 12.7. The Bertz CT molecular complexity index is 826. The Hall–Kier alpha value is -2.88.